The first-order valence-corrected chi connectivity index (χ1v) is 15.9. The maximum atomic E-state index is 14.4. The highest BCUT2D eigenvalue weighted by molar-refractivity contribution is 7.92. The van der Waals surface area contributed by atoms with Gasteiger partial charge in [0.2, 0.25) is 11.8 Å². The van der Waals surface area contributed by atoms with Crippen molar-refractivity contribution >= 4 is 27.5 Å². The Morgan fingerprint density at radius 1 is 0.778 bits per heavy atom. The highest BCUT2D eigenvalue weighted by Gasteiger charge is 2.34. The number of methoxy groups -OCH3 is 2. The summed E-state index contributed by atoms with van der Waals surface area (Å²) in [7, 11) is 0.103. The van der Waals surface area contributed by atoms with Crippen molar-refractivity contribution in [2.24, 2.45) is 0 Å². The third kappa shape index (κ3) is 8.02. The third-order valence-electron chi connectivity index (χ3n) is 7.43. The zero-order valence-electron chi connectivity index (χ0n) is 26.2. The lowest BCUT2D eigenvalue weighted by Gasteiger charge is -2.33. The molecular weight excluding hydrogens is 590 g/mol. The Morgan fingerprint density at radius 2 is 1.36 bits per heavy atom. The van der Waals surface area contributed by atoms with E-state index in [1.54, 1.807) is 12.1 Å². The van der Waals surface area contributed by atoms with Gasteiger partial charge < -0.3 is 19.7 Å². The fraction of sp³-hybridized carbons (Fsp3) is 0.257. The van der Waals surface area contributed by atoms with Crippen LogP contribution in [0.15, 0.2) is 102 Å². The van der Waals surface area contributed by atoms with E-state index < -0.39 is 28.5 Å². The Hall–Kier alpha value is -4.83. The Balaban J connectivity index is 1.83. The minimum atomic E-state index is -4.31. The number of benzene rings is 4. The number of anilines is 1. The maximum absolute atomic E-state index is 14.4. The van der Waals surface area contributed by atoms with Crippen LogP contribution in [0.3, 0.4) is 0 Å². The topological polar surface area (TPSA) is 105 Å². The summed E-state index contributed by atoms with van der Waals surface area (Å²) in [5, 5.41) is 2.70. The van der Waals surface area contributed by atoms with Crippen LogP contribution in [0.2, 0.25) is 0 Å². The first-order valence-electron chi connectivity index (χ1n) is 14.5. The molecule has 0 spiro atoms. The molecule has 0 aliphatic rings. The number of ether oxygens (including phenoxy) is 2. The van der Waals surface area contributed by atoms with Gasteiger partial charge in [-0.25, -0.2) is 8.42 Å². The molecule has 9 nitrogen and oxygen atoms in total. The van der Waals surface area contributed by atoms with E-state index >= 15 is 0 Å². The second kappa shape index (κ2) is 14.8. The van der Waals surface area contributed by atoms with Crippen LogP contribution in [0.1, 0.15) is 22.3 Å². The van der Waals surface area contributed by atoms with Crippen molar-refractivity contribution in [2.45, 2.75) is 37.8 Å². The molecule has 0 aliphatic heterocycles. The Morgan fingerprint density at radius 3 is 1.91 bits per heavy atom. The van der Waals surface area contributed by atoms with Gasteiger partial charge in [-0.2, -0.15) is 0 Å². The van der Waals surface area contributed by atoms with Crippen LogP contribution >= 0.6 is 0 Å². The van der Waals surface area contributed by atoms with Crippen LogP contribution in [0.5, 0.6) is 11.5 Å². The molecule has 4 rings (SSSR count). The molecule has 0 aromatic heterocycles. The van der Waals surface area contributed by atoms with Gasteiger partial charge in [0.1, 0.15) is 12.6 Å². The van der Waals surface area contributed by atoms with Crippen LogP contribution in [0.4, 0.5) is 5.69 Å². The van der Waals surface area contributed by atoms with E-state index in [-0.39, 0.29) is 29.5 Å². The predicted octanol–water partition coefficient (Wildman–Crippen LogP) is 4.90. The van der Waals surface area contributed by atoms with Gasteiger partial charge in [0.05, 0.1) is 24.8 Å². The summed E-state index contributed by atoms with van der Waals surface area (Å²) in [6.07, 6.45) is 0.241. The molecule has 2 amide bonds. The number of sulfonamides is 1. The highest BCUT2D eigenvalue weighted by atomic mass is 32.2. The van der Waals surface area contributed by atoms with Crippen molar-refractivity contribution in [3.8, 4) is 11.5 Å². The van der Waals surface area contributed by atoms with Crippen molar-refractivity contribution in [1.82, 2.24) is 10.2 Å². The Bertz CT molecular complexity index is 1710. The maximum Gasteiger partial charge on any atom is 0.264 e. The molecule has 0 saturated heterocycles. The normalized spacial score (nSPS) is 11.8. The molecule has 10 heteroatoms. The Labute approximate surface area is 265 Å². The number of likely N-dealkylation sites (N-methyl/N-ethyl adjacent to an activating group) is 1. The van der Waals surface area contributed by atoms with E-state index in [1.165, 1.54) is 44.4 Å². The fourth-order valence-corrected chi connectivity index (χ4v) is 6.64. The van der Waals surface area contributed by atoms with Gasteiger partial charge in [-0.1, -0.05) is 66.7 Å². The van der Waals surface area contributed by atoms with Crippen LogP contribution in [0.25, 0.3) is 0 Å². The number of carbonyl (C=O) groups is 2. The van der Waals surface area contributed by atoms with Crippen molar-refractivity contribution in [3.63, 3.8) is 0 Å². The van der Waals surface area contributed by atoms with Gasteiger partial charge in [-0.05, 0) is 60.4 Å². The molecule has 0 saturated carbocycles. The van der Waals surface area contributed by atoms with Crippen LogP contribution in [0, 0.1) is 13.8 Å². The van der Waals surface area contributed by atoms with Gasteiger partial charge in [0.15, 0.2) is 11.5 Å². The van der Waals surface area contributed by atoms with E-state index in [0.29, 0.717) is 11.4 Å². The van der Waals surface area contributed by atoms with Gasteiger partial charge in [-0.3, -0.25) is 13.9 Å². The monoisotopic (exact) mass is 629 g/mol. The second-order valence-corrected chi connectivity index (χ2v) is 12.6. The first kappa shape index (κ1) is 33.1. The standard InChI is InChI=1S/C35H39N3O6S/c1-25-18-26(2)20-29(19-25)38(45(41,42)30-16-17-32(43-4)33(22-30)44-5)24-34(39)37(23-28-14-10-7-11-15-28)31(35(40)36-3)21-27-12-8-6-9-13-27/h6-20,22,31H,21,23-24H2,1-5H3,(H,36,40). The summed E-state index contributed by atoms with van der Waals surface area (Å²) >= 11 is 0. The predicted molar refractivity (Wildman–Crippen MR) is 175 cm³/mol. The van der Waals surface area contributed by atoms with E-state index in [4.69, 9.17) is 9.47 Å². The summed E-state index contributed by atoms with van der Waals surface area (Å²) in [4.78, 5) is 29.2. The van der Waals surface area contributed by atoms with Gasteiger partial charge in [0, 0.05) is 26.1 Å². The fourth-order valence-electron chi connectivity index (χ4n) is 5.23. The molecule has 236 valence electrons. The molecule has 0 bridgehead atoms. The molecule has 4 aromatic carbocycles. The lowest BCUT2D eigenvalue weighted by atomic mass is 10.0. The third-order valence-corrected chi connectivity index (χ3v) is 9.20. The number of amides is 2. The largest absolute Gasteiger partial charge is 0.493 e. The zero-order valence-corrected chi connectivity index (χ0v) is 27.0. The Kier molecular flexibility index (Phi) is 10.9. The van der Waals surface area contributed by atoms with Gasteiger partial charge in [0.25, 0.3) is 10.0 Å². The summed E-state index contributed by atoms with van der Waals surface area (Å²) in [5.74, 6) is -0.289. The van der Waals surface area contributed by atoms with E-state index in [9.17, 15) is 18.0 Å². The smallest absolute Gasteiger partial charge is 0.264 e. The average Bonchev–Trinajstić information content (AvgIpc) is 3.04. The number of hydrogen-bond acceptors (Lipinski definition) is 6. The molecule has 0 aliphatic carbocycles. The van der Waals surface area contributed by atoms with Crippen molar-refractivity contribution in [1.29, 1.82) is 0 Å². The van der Waals surface area contributed by atoms with Crippen molar-refractivity contribution < 1.29 is 27.5 Å². The number of rotatable bonds is 13. The minimum Gasteiger partial charge on any atom is -0.493 e. The van der Waals surface area contributed by atoms with Crippen LogP contribution in [-0.2, 0) is 32.6 Å². The molecule has 0 heterocycles. The first-order chi connectivity index (χ1) is 21.6. The number of nitrogens with one attached hydrogen (secondary N) is 1. The molecule has 4 aromatic rings. The lowest BCUT2D eigenvalue weighted by molar-refractivity contribution is -0.139. The number of nitrogens with zero attached hydrogens (tertiary/aromatic N) is 2. The van der Waals surface area contributed by atoms with Crippen molar-refractivity contribution in [2.75, 3.05) is 32.1 Å². The SMILES string of the molecule is CNC(=O)C(Cc1ccccc1)N(Cc1ccccc1)C(=O)CN(c1cc(C)cc(C)c1)S(=O)(=O)c1ccc(OC)c(OC)c1. The summed E-state index contributed by atoms with van der Waals surface area (Å²) in [6, 6.07) is 27.5. The van der Waals surface area contributed by atoms with Gasteiger partial charge in [-0.15, -0.1) is 0 Å². The quantitative estimate of drug-likeness (QED) is 0.226. The lowest BCUT2D eigenvalue weighted by Crippen LogP contribution is -2.53. The van der Waals surface area contributed by atoms with E-state index in [1.807, 2.05) is 80.6 Å². The molecule has 1 unspecified atom stereocenters. The number of carbonyl (C=O) groups excluding carboxylic acids is 2. The van der Waals surface area contributed by atoms with E-state index in [2.05, 4.69) is 5.32 Å². The minimum absolute atomic E-state index is 0.0751. The number of aryl methyl sites for hydroxylation is 2. The molecule has 45 heavy (non-hydrogen) atoms. The number of hydrogen-bond donors (Lipinski definition) is 1. The zero-order chi connectivity index (χ0) is 32.6. The summed E-state index contributed by atoms with van der Waals surface area (Å²) < 4.78 is 40.5. The van der Waals surface area contributed by atoms with Crippen molar-refractivity contribution in [3.05, 3.63) is 119 Å². The molecule has 1 atom stereocenters. The average molecular weight is 630 g/mol. The van der Waals surface area contributed by atoms with Crippen LogP contribution in [-0.4, -0.2) is 59.0 Å². The van der Waals surface area contributed by atoms with Gasteiger partial charge >= 0.3 is 0 Å². The molecule has 1 N–H and O–H groups in total. The van der Waals surface area contributed by atoms with E-state index in [0.717, 1.165) is 26.6 Å². The summed E-state index contributed by atoms with van der Waals surface area (Å²) in [5.41, 5.74) is 3.65. The highest BCUT2D eigenvalue weighted by Crippen LogP contribution is 2.33. The molecular formula is C35H39N3O6S. The molecule has 0 fully saturated rings. The molecule has 0 radical (unpaired) electrons. The van der Waals surface area contributed by atoms with Crippen LogP contribution < -0.4 is 19.1 Å². The summed E-state index contributed by atoms with van der Waals surface area (Å²) in [6.45, 7) is 3.28. The second-order valence-electron chi connectivity index (χ2n) is 10.7.